The number of esters is 1. The van der Waals surface area contributed by atoms with Gasteiger partial charge in [-0.25, -0.2) is 0 Å². The summed E-state index contributed by atoms with van der Waals surface area (Å²) in [7, 11) is 1.43. The van der Waals surface area contributed by atoms with Crippen LogP contribution in [0.4, 0.5) is 0 Å². The number of aliphatic hydroxyl groups is 1. The van der Waals surface area contributed by atoms with Crippen LogP contribution in [0.5, 0.6) is 0 Å². The zero-order chi connectivity index (χ0) is 14.7. The number of allylic oxidation sites excluding steroid dienone is 3. The molecule has 1 atom stereocenters. The minimum absolute atomic E-state index is 0.127. The van der Waals surface area contributed by atoms with Crippen LogP contribution in [0.1, 0.15) is 52.9 Å². The molecule has 0 aromatic rings. The molecule has 0 aromatic carbocycles. The summed E-state index contributed by atoms with van der Waals surface area (Å²) < 4.78 is 4.65. The van der Waals surface area contributed by atoms with Crippen LogP contribution in [0.3, 0.4) is 0 Å². The smallest absolute Gasteiger partial charge is 0.305 e. The third-order valence-electron chi connectivity index (χ3n) is 3.18. The van der Waals surface area contributed by atoms with Crippen molar-refractivity contribution in [1.29, 1.82) is 0 Å². The Morgan fingerprint density at radius 2 is 1.84 bits per heavy atom. The highest BCUT2D eigenvalue weighted by atomic mass is 16.5. The van der Waals surface area contributed by atoms with Crippen LogP contribution in [-0.4, -0.2) is 24.8 Å². The van der Waals surface area contributed by atoms with E-state index in [1.807, 2.05) is 6.92 Å². The molecule has 0 spiro atoms. The second-order valence-corrected chi connectivity index (χ2v) is 5.26. The van der Waals surface area contributed by atoms with Gasteiger partial charge in [0.2, 0.25) is 0 Å². The number of hydrogen-bond donors (Lipinski definition) is 1. The van der Waals surface area contributed by atoms with Gasteiger partial charge in [-0.3, -0.25) is 4.79 Å². The van der Waals surface area contributed by atoms with E-state index < -0.39 is 0 Å². The minimum Gasteiger partial charge on any atom is -0.469 e. The molecule has 0 saturated carbocycles. The van der Waals surface area contributed by atoms with Crippen LogP contribution >= 0.6 is 0 Å². The molecule has 0 saturated heterocycles. The molecule has 0 aliphatic heterocycles. The van der Waals surface area contributed by atoms with Gasteiger partial charge in [-0.05, 0) is 45.4 Å². The summed E-state index contributed by atoms with van der Waals surface area (Å²) in [5, 5.41) is 8.87. The SMILES string of the molecule is COC(=O)C[C@@H](C)CC/C=C(\C)CC/C=C(\C)CO. The molecule has 19 heavy (non-hydrogen) atoms. The summed E-state index contributed by atoms with van der Waals surface area (Å²) >= 11 is 0. The first-order chi connectivity index (χ1) is 8.99. The van der Waals surface area contributed by atoms with Gasteiger partial charge in [0.25, 0.3) is 0 Å². The number of ether oxygens (including phenoxy) is 1. The van der Waals surface area contributed by atoms with Gasteiger partial charge in [0, 0.05) is 6.42 Å². The summed E-state index contributed by atoms with van der Waals surface area (Å²) in [5.74, 6) is 0.242. The third-order valence-corrected chi connectivity index (χ3v) is 3.18. The molecule has 0 heterocycles. The van der Waals surface area contributed by atoms with Crippen LogP contribution in [0, 0.1) is 5.92 Å². The molecule has 0 bridgehead atoms. The Kier molecular flexibility index (Phi) is 10.2. The fraction of sp³-hybridized carbons (Fsp3) is 0.688. The first-order valence-electron chi connectivity index (χ1n) is 6.98. The van der Waals surface area contributed by atoms with Gasteiger partial charge >= 0.3 is 5.97 Å². The molecule has 0 aliphatic rings. The zero-order valence-corrected chi connectivity index (χ0v) is 12.7. The lowest BCUT2D eigenvalue weighted by Gasteiger charge is -2.08. The topological polar surface area (TPSA) is 46.5 Å². The third kappa shape index (κ3) is 10.5. The summed E-state index contributed by atoms with van der Waals surface area (Å²) in [5.41, 5.74) is 2.40. The molecule has 0 radical (unpaired) electrons. The lowest BCUT2D eigenvalue weighted by atomic mass is 10.00. The first-order valence-corrected chi connectivity index (χ1v) is 6.98. The van der Waals surface area contributed by atoms with Gasteiger partial charge in [-0.15, -0.1) is 0 Å². The van der Waals surface area contributed by atoms with E-state index in [2.05, 4.69) is 30.7 Å². The van der Waals surface area contributed by atoms with Crippen molar-refractivity contribution in [2.45, 2.75) is 52.9 Å². The highest BCUT2D eigenvalue weighted by Gasteiger charge is 2.07. The Labute approximate surface area is 117 Å². The predicted octanol–water partition coefficient (Wildman–Crippen LogP) is 3.63. The fourth-order valence-corrected chi connectivity index (χ4v) is 1.80. The highest BCUT2D eigenvalue weighted by molar-refractivity contribution is 5.69. The van der Waals surface area contributed by atoms with Gasteiger partial charge in [-0.2, -0.15) is 0 Å². The van der Waals surface area contributed by atoms with Crippen LogP contribution in [0.2, 0.25) is 0 Å². The van der Waals surface area contributed by atoms with Crippen molar-refractivity contribution in [1.82, 2.24) is 0 Å². The normalized spacial score (nSPS) is 14.4. The molecule has 0 rings (SSSR count). The van der Waals surface area contributed by atoms with E-state index >= 15 is 0 Å². The van der Waals surface area contributed by atoms with E-state index in [4.69, 9.17) is 5.11 Å². The number of methoxy groups -OCH3 is 1. The molecular formula is C16H28O3. The standard InChI is InChI=1S/C16H28O3/c1-13(8-6-10-15(3)12-17)7-5-9-14(2)11-16(18)19-4/h7,10,14,17H,5-6,8-9,11-12H2,1-4H3/b13-7+,15-10+/t14-/m0/s1. The molecular weight excluding hydrogens is 240 g/mol. The molecule has 0 aromatic heterocycles. The van der Waals surface area contributed by atoms with E-state index in [-0.39, 0.29) is 12.6 Å². The van der Waals surface area contributed by atoms with Crippen molar-refractivity contribution >= 4 is 5.97 Å². The number of carbonyl (C=O) groups excluding carboxylic acids is 1. The van der Waals surface area contributed by atoms with Crippen molar-refractivity contribution < 1.29 is 14.6 Å². The summed E-state index contributed by atoms with van der Waals surface area (Å²) in [6, 6.07) is 0. The van der Waals surface area contributed by atoms with Gasteiger partial charge in [-0.1, -0.05) is 30.2 Å². The van der Waals surface area contributed by atoms with E-state index in [9.17, 15) is 4.79 Å². The van der Waals surface area contributed by atoms with Crippen LogP contribution in [0.25, 0.3) is 0 Å². The van der Waals surface area contributed by atoms with Crippen LogP contribution in [-0.2, 0) is 9.53 Å². The molecule has 0 unspecified atom stereocenters. The molecule has 1 N–H and O–H groups in total. The van der Waals surface area contributed by atoms with Crippen LogP contribution in [0.15, 0.2) is 23.3 Å². The summed E-state index contributed by atoms with van der Waals surface area (Å²) in [6.07, 6.45) is 8.86. The number of carbonyl (C=O) groups is 1. The van der Waals surface area contributed by atoms with Gasteiger partial charge < -0.3 is 9.84 Å². The average Bonchev–Trinajstić information content (AvgIpc) is 2.38. The molecule has 110 valence electrons. The van der Waals surface area contributed by atoms with E-state index in [1.54, 1.807) is 0 Å². The summed E-state index contributed by atoms with van der Waals surface area (Å²) in [6.45, 7) is 6.29. The van der Waals surface area contributed by atoms with E-state index in [1.165, 1.54) is 12.7 Å². The lowest BCUT2D eigenvalue weighted by molar-refractivity contribution is -0.141. The maximum absolute atomic E-state index is 11.1. The van der Waals surface area contributed by atoms with Crippen LogP contribution < -0.4 is 0 Å². The Morgan fingerprint density at radius 3 is 2.42 bits per heavy atom. The maximum atomic E-state index is 11.1. The van der Waals surface area contributed by atoms with Crippen molar-refractivity contribution in [2.75, 3.05) is 13.7 Å². The Balaban J connectivity index is 3.83. The lowest BCUT2D eigenvalue weighted by Crippen LogP contribution is -2.06. The number of rotatable bonds is 9. The average molecular weight is 268 g/mol. The van der Waals surface area contributed by atoms with Gasteiger partial charge in [0.15, 0.2) is 0 Å². The van der Waals surface area contributed by atoms with Gasteiger partial charge in [0.05, 0.1) is 13.7 Å². The Hall–Kier alpha value is -1.09. The summed E-state index contributed by atoms with van der Waals surface area (Å²) in [4.78, 5) is 11.1. The van der Waals surface area contributed by atoms with E-state index in [0.717, 1.165) is 31.3 Å². The van der Waals surface area contributed by atoms with Gasteiger partial charge in [0.1, 0.15) is 0 Å². The second-order valence-electron chi connectivity index (χ2n) is 5.26. The monoisotopic (exact) mass is 268 g/mol. The molecule has 3 nitrogen and oxygen atoms in total. The van der Waals surface area contributed by atoms with Crippen molar-refractivity contribution in [3.8, 4) is 0 Å². The largest absolute Gasteiger partial charge is 0.469 e. The Morgan fingerprint density at radius 1 is 1.21 bits per heavy atom. The fourth-order valence-electron chi connectivity index (χ4n) is 1.80. The number of aliphatic hydroxyl groups excluding tert-OH is 1. The predicted molar refractivity (Wildman–Crippen MR) is 78.9 cm³/mol. The highest BCUT2D eigenvalue weighted by Crippen LogP contribution is 2.14. The zero-order valence-electron chi connectivity index (χ0n) is 12.7. The number of hydrogen-bond acceptors (Lipinski definition) is 3. The van der Waals surface area contributed by atoms with E-state index in [0.29, 0.717) is 12.3 Å². The van der Waals surface area contributed by atoms with Crippen molar-refractivity contribution in [3.05, 3.63) is 23.3 Å². The quantitative estimate of drug-likeness (QED) is 0.513. The molecule has 0 fully saturated rings. The molecule has 0 aliphatic carbocycles. The first kappa shape index (κ1) is 17.9. The minimum atomic E-state index is -0.127. The Bertz CT molecular complexity index is 316. The maximum Gasteiger partial charge on any atom is 0.305 e. The van der Waals surface area contributed by atoms with Crippen molar-refractivity contribution in [2.24, 2.45) is 5.92 Å². The molecule has 3 heteroatoms. The van der Waals surface area contributed by atoms with Crippen molar-refractivity contribution in [3.63, 3.8) is 0 Å². The second kappa shape index (κ2) is 10.8. The molecule has 0 amide bonds.